The van der Waals surface area contributed by atoms with E-state index in [4.69, 9.17) is 14.0 Å². The van der Waals surface area contributed by atoms with Crippen LogP contribution < -0.4 is 14.8 Å². The maximum atomic E-state index is 13.5. The number of aromatic nitrogens is 1. The van der Waals surface area contributed by atoms with Gasteiger partial charge in [0.05, 0.1) is 13.7 Å². The van der Waals surface area contributed by atoms with Crippen molar-refractivity contribution in [2.24, 2.45) is 5.92 Å². The molecule has 1 amide bonds. The third-order valence-corrected chi connectivity index (χ3v) is 8.81. The van der Waals surface area contributed by atoms with Crippen LogP contribution in [0.5, 0.6) is 11.5 Å². The largest absolute Gasteiger partial charge is 0.493 e. The van der Waals surface area contributed by atoms with Crippen LogP contribution in [-0.2, 0) is 21.4 Å². The molecule has 0 saturated carbocycles. The Morgan fingerprint density at radius 3 is 2.49 bits per heavy atom. The Balaban J connectivity index is 1.37. The minimum atomic E-state index is -3.84. The van der Waals surface area contributed by atoms with E-state index in [1.165, 1.54) is 4.31 Å². The Labute approximate surface area is 229 Å². The summed E-state index contributed by atoms with van der Waals surface area (Å²) in [6.07, 6.45) is 4.29. The number of ether oxygens (including phenoxy) is 2. The predicted octanol–water partition coefficient (Wildman–Crippen LogP) is 4.59. The van der Waals surface area contributed by atoms with Crippen LogP contribution in [-0.4, -0.2) is 50.6 Å². The second-order valence-corrected chi connectivity index (χ2v) is 11.4. The van der Waals surface area contributed by atoms with Gasteiger partial charge < -0.3 is 19.3 Å². The molecule has 0 spiro atoms. The van der Waals surface area contributed by atoms with Gasteiger partial charge in [0.15, 0.2) is 22.2 Å². The molecule has 0 unspecified atom stereocenters. The van der Waals surface area contributed by atoms with Crippen LogP contribution in [0.1, 0.15) is 47.9 Å². The highest BCUT2D eigenvalue weighted by atomic mass is 32.2. The first kappa shape index (κ1) is 28.4. The Bertz CT molecular complexity index is 1420. The van der Waals surface area contributed by atoms with Crippen LogP contribution in [0.25, 0.3) is 12.2 Å². The van der Waals surface area contributed by atoms with Gasteiger partial charge in [-0.25, -0.2) is 8.42 Å². The number of amides is 1. The highest BCUT2D eigenvalue weighted by Crippen LogP contribution is 2.30. The molecule has 39 heavy (non-hydrogen) atoms. The molecule has 1 aromatic heterocycles. The average molecular weight is 554 g/mol. The minimum absolute atomic E-state index is 0.0678. The Morgan fingerprint density at radius 2 is 1.82 bits per heavy atom. The van der Waals surface area contributed by atoms with E-state index in [9.17, 15) is 13.2 Å². The molecule has 3 aromatic rings. The van der Waals surface area contributed by atoms with Crippen molar-refractivity contribution in [1.29, 1.82) is 0 Å². The van der Waals surface area contributed by atoms with Crippen LogP contribution in [0.3, 0.4) is 0 Å². The lowest BCUT2D eigenvalue weighted by molar-refractivity contribution is -0.126. The lowest BCUT2D eigenvalue weighted by atomic mass is 9.97. The number of carbonyl (C=O) groups excluding carboxylic acids is 1. The number of nitrogens with one attached hydrogen (secondary N) is 1. The molecular weight excluding hydrogens is 518 g/mol. The molecule has 1 aliphatic rings. The van der Waals surface area contributed by atoms with Crippen molar-refractivity contribution >= 4 is 28.1 Å². The fraction of sp³-hybridized carbons (Fsp3) is 0.379. The summed E-state index contributed by atoms with van der Waals surface area (Å²) in [4.78, 5) is 12.9. The number of rotatable bonds is 10. The molecule has 2 aromatic carbocycles. The fourth-order valence-corrected chi connectivity index (χ4v) is 6.29. The van der Waals surface area contributed by atoms with E-state index in [2.05, 4.69) is 10.5 Å². The summed E-state index contributed by atoms with van der Waals surface area (Å²) >= 11 is 0. The summed E-state index contributed by atoms with van der Waals surface area (Å²) in [7, 11) is -2.27. The molecule has 0 aliphatic carbocycles. The molecule has 1 saturated heterocycles. The number of piperidine rings is 1. The van der Waals surface area contributed by atoms with Crippen molar-refractivity contribution in [2.75, 3.05) is 26.8 Å². The molecule has 10 heteroatoms. The highest BCUT2D eigenvalue weighted by molar-refractivity contribution is 7.89. The standard InChI is InChI=1S/C29H35N3O6S/c1-5-37-25-12-11-23(18-27(25)36-4)19-30-29(33)24-14-16-32(17-15-24)39(34,35)28-21(3)31-38-26(28)13-10-22-8-6-20(2)7-9-22/h6-13,18,24H,5,14-17,19H2,1-4H3,(H,30,33)/b13-10+. The molecule has 2 heterocycles. The second kappa shape index (κ2) is 12.5. The summed E-state index contributed by atoms with van der Waals surface area (Å²) in [5, 5.41) is 6.88. The number of aryl methyl sites for hydroxylation is 2. The number of hydrogen-bond donors (Lipinski definition) is 1. The van der Waals surface area contributed by atoms with E-state index in [1.807, 2.05) is 56.3 Å². The smallest absolute Gasteiger partial charge is 0.248 e. The maximum absolute atomic E-state index is 13.5. The molecule has 0 atom stereocenters. The molecule has 1 fully saturated rings. The topological polar surface area (TPSA) is 111 Å². The van der Waals surface area contributed by atoms with Crippen LogP contribution in [0, 0.1) is 19.8 Å². The van der Waals surface area contributed by atoms with Gasteiger partial charge in [-0.2, -0.15) is 4.31 Å². The van der Waals surface area contributed by atoms with Crippen molar-refractivity contribution in [3.8, 4) is 11.5 Å². The molecule has 1 N–H and O–H groups in total. The van der Waals surface area contributed by atoms with E-state index in [1.54, 1.807) is 26.2 Å². The van der Waals surface area contributed by atoms with Gasteiger partial charge in [-0.05, 0) is 62.9 Å². The number of hydrogen-bond acceptors (Lipinski definition) is 7. The lowest BCUT2D eigenvalue weighted by Crippen LogP contribution is -2.43. The van der Waals surface area contributed by atoms with Crippen molar-refractivity contribution in [3.63, 3.8) is 0 Å². The third kappa shape index (κ3) is 6.69. The van der Waals surface area contributed by atoms with E-state index in [-0.39, 0.29) is 35.6 Å². The summed E-state index contributed by atoms with van der Waals surface area (Å²) in [6.45, 7) is 6.88. The fourth-order valence-electron chi connectivity index (χ4n) is 4.57. The van der Waals surface area contributed by atoms with E-state index >= 15 is 0 Å². The van der Waals surface area contributed by atoms with Crippen molar-refractivity contribution in [1.82, 2.24) is 14.8 Å². The molecule has 1 aliphatic heterocycles. The molecule has 0 radical (unpaired) electrons. The van der Waals surface area contributed by atoms with Crippen LogP contribution in [0.15, 0.2) is 51.9 Å². The van der Waals surface area contributed by atoms with Crippen LogP contribution in [0.4, 0.5) is 0 Å². The number of nitrogens with zero attached hydrogens (tertiary/aromatic N) is 2. The first-order chi connectivity index (χ1) is 18.7. The second-order valence-electron chi connectivity index (χ2n) is 9.52. The van der Waals surface area contributed by atoms with Gasteiger partial charge in [0.2, 0.25) is 15.9 Å². The Kier molecular flexibility index (Phi) is 9.08. The summed E-state index contributed by atoms with van der Waals surface area (Å²) in [5.74, 6) is 1.09. The quantitative estimate of drug-likeness (QED) is 0.391. The molecule has 208 valence electrons. The van der Waals surface area contributed by atoms with E-state index < -0.39 is 10.0 Å². The highest BCUT2D eigenvalue weighted by Gasteiger charge is 2.35. The van der Waals surface area contributed by atoms with Gasteiger partial charge in [-0.1, -0.05) is 47.1 Å². The third-order valence-electron chi connectivity index (χ3n) is 6.76. The van der Waals surface area contributed by atoms with Crippen molar-refractivity contribution in [2.45, 2.75) is 45.1 Å². The summed E-state index contributed by atoms with van der Waals surface area (Å²) < 4.78 is 44.8. The zero-order chi connectivity index (χ0) is 28.0. The van der Waals surface area contributed by atoms with Gasteiger partial charge in [0.25, 0.3) is 0 Å². The average Bonchev–Trinajstić information content (AvgIpc) is 3.33. The number of sulfonamides is 1. The van der Waals surface area contributed by atoms with E-state index in [0.29, 0.717) is 43.2 Å². The lowest BCUT2D eigenvalue weighted by Gasteiger charge is -2.30. The van der Waals surface area contributed by atoms with Crippen molar-refractivity contribution < 1.29 is 27.2 Å². The van der Waals surface area contributed by atoms with E-state index in [0.717, 1.165) is 16.7 Å². The molecule has 4 rings (SSSR count). The summed E-state index contributed by atoms with van der Waals surface area (Å²) in [6, 6.07) is 13.4. The van der Waals surface area contributed by atoms with Gasteiger partial charge in [-0.15, -0.1) is 0 Å². The number of carbonyl (C=O) groups is 1. The zero-order valence-electron chi connectivity index (χ0n) is 22.8. The first-order valence-corrected chi connectivity index (χ1v) is 14.5. The SMILES string of the molecule is CCOc1ccc(CNC(=O)C2CCN(S(=O)(=O)c3c(C)noc3/C=C/c3ccc(C)cc3)CC2)cc1OC. The van der Waals surface area contributed by atoms with Gasteiger partial charge in [0.1, 0.15) is 5.69 Å². The molecule has 0 bridgehead atoms. The summed E-state index contributed by atoms with van der Waals surface area (Å²) in [5.41, 5.74) is 3.26. The normalized spacial score (nSPS) is 15.0. The van der Waals surface area contributed by atoms with Crippen molar-refractivity contribution in [3.05, 3.63) is 70.6 Å². The van der Waals surface area contributed by atoms with Crippen LogP contribution >= 0.6 is 0 Å². The minimum Gasteiger partial charge on any atom is -0.493 e. The Hall–Kier alpha value is -3.63. The molecular formula is C29H35N3O6S. The number of methoxy groups -OCH3 is 1. The Morgan fingerprint density at radius 1 is 1.10 bits per heavy atom. The van der Waals surface area contributed by atoms with Crippen LogP contribution in [0.2, 0.25) is 0 Å². The number of benzene rings is 2. The maximum Gasteiger partial charge on any atom is 0.248 e. The first-order valence-electron chi connectivity index (χ1n) is 13.0. The van der Waals surface area contributed by atoms with Gasteiger partial charge in [0, 0.05) is 25.6 Å². The molecule has 9 nitrogen and oxygen atoms in total. The monoisotopic (exact) mass is 553 g/mol. The van der Waals surface area contributed by atoms with Gasteiger partial charge >= 0.3 is 0 Å². The zero-order valence-corrected chi connectivity index (χ0v) is 23.6. The predicted molar refractivity (Wildman–Crippen MR) is 149 cm³/mol. The van der Waals surface area contributed by atoms with Gasteiger partial charge in [-0.3, -0.25) is 4.79 Å².